The van der Waals surface area contributed by atoms with Gasteiger partial charge in [0.2, 0.25) is 0 Å². The Morgan fingerprint density at radius 1 is 0.875 bits per heavy atom. The molecule has 1 aromatic rings. The fraction of sp³-hybridized carbons (Fsp3) is 0.632. The molecule has 0 fully saturated rings. The zero-order valence-corrected chi connectivity index (χ0v) is 17.0. The molecule has 0 unspecified atom stereocenters. The number of hydrogen-bond acceptors (Lipinski definition) is 1. The molecular formula is C19H30Cl2N2S. The molecule has 1 aromatic carbocycles. The van der Waals surface area contributed by atoms with Crippen LogP contribution in [-0.2, 0) is 0 Å². The van der Waals surface area contributed by atoms with Crippen LogP contribution in [0.5, 0.6) is 0 Å². The number of anilines is 1. The Balaban J connectivity index is 1.97. The van der Waals surface area contributed by atoms with E-state index in [0.29, 0.717) is 15.2 Å². The molecule has 0 atom stereocenters. The van der Waals surface area contributed by atoms with Gasteiger partial charge in [-0.25, -0.2) is 0 Å². The van der Waals surface area contributed by atoms with Crippen LogP contribution in [0.4, 0.5) is 5.69 Å². The summed E-state index contributed by atoms with van der Waals surface area (Å²) >= 11 is 17.2. The molecule has 0 radical (unpaired) electrons. The van der Waals surface area contributed by atoms with Gasteiger partial charge in [0.15, 0.2) is 5.11 Å². The van der Waals surface area contributed by atoms with Gasteiger partial charge in [0, 0.05) is 12.2 Å². The summed E-state index contributed by atoms with van der Waals surface area (Å²) in [5, 5.41) is 8.06. The van der Waals surface area contributed by atoms with Gasteiger partial charge in [-0.05, 0) is 36.8 Å². The van der Waals surface area contributed by atoms with Crippen molar-refractivity contribution in [3.63, 3.8) is 0 Å². The van der Waals surface area contributed by atoms with E-state index < -0.39 is 0 Å². The van der Waals surface area contributed by atoms with Gasteiger partial charge in [-0.15, -0.1) is 0 Å². The van der Waals surface area contributed by atoms with Crippen molar-refractivity contribution in [2.24, 2.45) is 0 Å². The second kappa shape index (κ2) is 13.7. The van der Waals surface area contributed by atoms with E-state index in [1.807, 2.05) is 6.07 Å². The Kier molecular flexibility index (Phi) is 12.3. The Morgan fingerprint density at radius 2 is 1.46 bits per heavy atom. The summed E-state index contributed by atoms with van der Waals surface area (Å²) < 4.78 is 0. The summed E-state index contributed by atoms with van der Waals surface area (Å²) in [7, 11) is 0. The van der Waals surface area contributed by atoms with Crippen molar-refractivity contribution in [2.75, 3.05) is 11.9 Å². The van der Waals surface area contributed by atoms with Crippen LogP contribution in [-0.4, -0.2) is 11.7 Å². The molecule has 0 saturated heterocycles. The molecule has 5 heteroatoms. The van der Waals surface area contributed by atoms with Gasteiger partial charge in [0.25, 0.3) is 0 Å². The smallest absolute Gasteiger partial charge is 0.170 e. The third-order valence-corrected chi connectivity index (χ3v) is 4.98. The Labute approximate surface area is 162 Å². The lowest BCUT2D eigenvalue weighted by molar-refractivity contribution is 0.555. The zero-order chi connectivity index (χ0) is 17.6. The van der Waals surface area contributed by atoms with Gasteiger partial charge in [-0.1, -0.05) is 87.9 Å². The maximum absolute atomic E-state index is 5.98. The predicted octanol–water partition coefficient (Wildman–Crippen LogP) is 7.20. The quantitative estimate of drug-likeness (QED) is 0.292. The van der Waals surface area contributed by atoms with Gasteiger partial charge < -0.3 is 10.6 Å². The highest BCUT2D eigenvalue weighted by molar-refractivity contribution is 7.80. The van der Waals surface area contributed by atoms with Crippen LogP contribution in [0.2, 0.25) is 10.0 Å². The van der Waals surface area contributed by atoms with E-state index in [1.54, 1.807) is 12.1 Å². The van der Waals surface area contributed by atoms with Crippen molar-refractivity contribution in [3.05, 3.63) is 28.2 Å². The number of rotatable bonds is 12. The number of benzene rings is 1. The van der Waals surface area contributed by atoms with Gasteiger partial charge in [0.05, 0.1) is 10.0 Å². The Hall–Kier alpha value is -0.510. The first-order valence-electron chi connectivity index (χ1n) is 9.13. The summed E-state index contributed by atoms with van der Waals surface area (Å²) in [6, 6.07) is 5.40. The van der Waals surface area contributed by atoms with Crippen LogP contribution >= 0.6 is 35.4 Å². The SMILES string of the molecule is CCCCCCCCCCCCNC(=S)Nc1ccc(Cl)c(Cl)c1. The lowest BCUT2D eigenvalue weighted by Gasteiger charge is -2.11. The summed E-state index contributed by atoms with van der Waals surface area (Å²) in [5.74, 6) is 0. The monoisotopic (exact) mass is 388 g/mol. The first-order chi connectivity index (χ1) is 11.6. The highest BCUT2D eigenvalue weighted by atomic mass is 35.5. The van der Waals surface area contributed by atoms with E-state index in [4.69, 9.17) is 35.4 Å². The maximum atomic E-state index is 5.98. The van der Waals surface area contributed by atoms with Crippen molar-refractivity contribution in [1.82, 2.24) is 5.32 Å². The molecule has 0 saturated carbocycles. The van der Waals surface area contributed by atoms with Crippen LogP contribution in [0.15, 0.2) is 18.2 Å². The molecule has 0 aliphatic carbocycles. The molecule has 1 rings (SSSR count). The molecule has 2 nitrogen and oxygen atoms in total. The Bertz CT molecular complexity index is 480. The van der Waals surface area contributed by atoms with E-state index in [1.165, 1.54) is 57.8 Å². The zero-order valence-electron chi connectivity index (χ0n) is 14.7. The highest BCUT2D eigenvalue weighted by Crippen LogP contribution is 2.24. The van der Waals surface area contributed by atoms with Gasteiger partial charge in [0.1, 0.15) is 0 Å². The minimum absolute atomic E-state index is 0.527. The molecule has 24 heavy (non-hydrogen) atoms. The van der Waals surface area contributed by atoms with Gasteiger partial charge >= 0.3 is 0 Å². The van der Waals surface area contributed by atoms with E-state index >= 15 is 0 Å². The topological polar surface area (TPSA) is 24.1 Å². The van der Waals surface area contributed by atoms with Crippen LogP contribution in [0.1, 0.15) is 71.1 Å². The molecule has 0 amide bonds. The summed E-state index contributed by atoms with van der Waals surface area (Å²) in [6.45, 7) is 3.17. The Morgan fingerprint density at radius 3 is 2.04 bits per heavy atom. The lowest BCUT2D eigenvalue weighted by Crippen LogP contribution is -2.29. The standard InChI is InChI=1S/C19H30Cl2N2S/c1-2-3-4-5-6-7-8-9-10-11-14-22-19(24)23-16-12-13-17(20)18(21)15-16/h12-13,15H,2-11,14H2,1H3,(H2,22,23,24). The molecule has 0 bridgehead atoms. The van der Waals surface area contributed by atoms with Crippen molar-refractivity contribution in [1.29, 1.82) is 0 Å². The van der Waals surface area contributed by atoms with Gasteiger partial charge in [-0.3, -0.25) is 0 Å². The molecule has 0 aliphatic rings. The molecule has 0 aliphatic heterocycles. The number of nitrogens with one attached hydrogen (secondary N) is 2. The highest BCUT2D eigenvalue weighted by Gasteiger charge is 2.01. The first-order valence-corrected chi connectivity index (χ1v) is 10.3. The minimum Gasteiger partial charge on any atom is -0.362 e. The maximum Gasteiger partial charge on any atom is 0.170 e. The summed E-state index contributed by atoms with van der Waals surface area (Å²) in [6.07, 6.45) is 13.4. The first kappa shape index (κ1) is 21.5. The van der Waals surface area contributed by atoms with Crippen molar-refractivity contribution in [3.8, 4) is 0 Å². The number of halogens is 2. The lowest BCUT2D eigenvalue weighted by atomic mass is 10.1. The van der Waals surface area contributed by atoms with Crippen LogP contribution in [0, 0.1) is 0 Å². The van der Waals surface area contributed by atoms with Crippen molar-refractivity contribution < 1.29 is 0 Å². The van der Waals surface area contributed by atoms with Crippen molar-refractivity contribution in [2.45, 2.75) is 71.1 Å². The van der Waals surface area contributed by atoms with Gasteiger partial charge in [-0.2, -0.15) is 0 Å². The van der Waals surface area contributed by atoms with Crippen LogP contribution < -0.4 is 10.6 Å². The van der Waals surface area contributed by atoms with E-state index in [0.717, 1.165) is 18.7 Å². The van der Waals surface area contributed by atoms with Crippen molar-refractivity contribution >= 4 is 46.2 Å². The normalized spacial score (nSPS) is 10.6. The molecule has 2 N–H and O–H groups in total. The molecule has 0 aromatic heterocycles. The average Bonchev–Trinajstić information content (AvgIpc) is 2.56. The third kappa shape index (κ3) is 10.4. The van der Waals surface area contributed by atoms with E-state index in [-0.39, 0.29) is 0 Å². The molecular weight excluding hydrogens is 359 g/mol. The third-order valence-electron chi connectivity index (χ3n) is 3.99. The van der Waals surface area contributed by atoms with Crippen LogP contribution in [0.3, 0.4) is 0 Å². The fourth-order valence-corrected chi connectivity index (χ4v) is 3.08. The molecule has 136 valence electrons. The molecule has 0 spiro atoms. The summed E-state index contributed by atoms with van der Waals surface area (Å²) in [5.41, 5.74) is 0.852. The second-order valence-corrected chi connectivity index (χ2v) is 7.41. The van der Waals surface area contributed by atoms with Crippen LogP contribution in [0.25, 0.3) is 0 Å². The number of hydrogen-bond donors (Lipinski definition) is 2. The van der Waals surface area contributed by atoms with E-state index in [9.17, 15) is 0 Å². The largest absolute Gasteiger partial charge is 0.362 e. The number of unbranched alkanes of at least 4 members (excludes halogenated alkanes) is 9. The minimum atomic E-state index is 0.527. The molecule has 0 heterocycles. The van der Waals surface area contributed by atoms with E-state index in [2.05, 4.69) is 17.6 Å². The number of thiocarbonyl (C=S) groups is 1. The predicted molar refractivity (Wildman–Crippen MR) is 113 cm³/mol. The second-order valence-electron chi connectivity index (χ2n) is 6.19. The fourth-order valence-electron chi connectivity index (χ4n) is 2.56. The average molecular weight is 389 g/mol. The summed E-state index contributed by atoms with van der Waals surface area (Å²) in [4.78, 5) is 0.